The number of carbonyl (C=O) groups excluding carboxylic acids is 1. The molecular formula is C16H14F3NO2. The molecule has 0 N–H and O–H groups in total. The van der Waals surface area contributed by atoms with E-state index < -0.39 is 17.6 Å². The van der Waals surface area contributed by atoms with Crippen molar-refractivity contribution in [3.63, 3.8) is 0 Å². The van der Waals surface area contributed by atoms with Gasteiger partial charge in [-0.1, -0.05) is 24.3 Å². The number of benzene rings is 2. The third-order valence-electron chi connectivity index (χ3n) is 3.21. The number of methoxy groups -OCH3 is 1. The van der Waals surface area contributed by atoms with Crippen LogP contribution in [0.4, 0.5) is 18.9 Å². The molecule has 0 aliphatic rings. The van der Waals surface area contributed by atoms with Gasteiger partial charge in [-0.2, -0.15) is 13.2 Å². The summed E-state index contributed by atoms with van der Waals surface area (Å²) in [5.41, 5.74) is -0.865. The van der Waals surface area contributed by atoms with Gasteiger partial charge in [0.05, 0.1) is 23.9 Å². The molecule has 2 rings (SSSR count). The molecule has 0 aliphatic heterocycles. The fraction of sp³-hybridized carbons (Fsp3) is 0.188. The van der Waals surface area contributed by atoms with E-state index in [9.17, 15) is 18.0 Å². The van der Waals surface area contributed by atoms with Gasteiger partial charge in [0.15, 0.2) is 0 Å². The Balaban J connectivity index is 2.45. The van der Waals surface area contributed by atoms with Crippen molar-refractivity contribution in [3.05, 3.63) is 59.7 Å². The lowest BCUT2D eigenvalue weighted by Crippen LogP contribution is -2.28. The maximum absolute atomic E-state index is 13.1. The molecule has 0 heterocycles. The summed E-state index contributed by atoms with van der Waals surface area (Å²) in [6.07, 6.45) is -4.54. The number of anilines is 1. The van der Waals surface area contributed by atoms with E-state index >= 15 is 0 Å². The van der Waals surface area contributed by atoms with Crippen molar-refractivity contribution in [3.8, 4) is 5.75 Å². The summed E-state index contributed by atoms with van der Waals surface area (Å²) in [5, 5.41) is 0. The van der Waals surface area contributed by atoms with Gasteiger partial charge in [0.2, 0.25) is 0 Å². The molecule has 3 nitrogen and oxygen atoms in total. The number of para-hydroxylation sites is 2. The number of carbonyl (C=O) groups is 1. The quantitative estimate of drug-likeness (QED) is 0.858. The Kier molecular flexibility index (Phi) is 4.40. The van der Waals surface area contributed by atoms with Crippen LogP contribution in [0.15, 0.2) is 48.5 Å². The standard InChI is InChI=1S/C16H14F3NO2/c1-20(13-9-5-4-8-12(13)16(17,18)19)15(21)11-7-3-6-10-14(11)22-2/h3-10H,1-2H3. The molecule has 2 aromatic rings. The first kappa shape index (κ1) is 15.9. The van der Waals surface area contributed by atoms with E-state index in [0.29, 0.717) is 5.75 Å². The monoisotopic (exact) mass is 309 g/mol. The van der Waals surface area contributed by atoms with Crippen molar-refractivity contribution in [2.75, 3.05) is 19.1 Å². The SMILES string of the molecule is COc1ccccc1C(=O)N(C)c1ccccc1C(F)(F)F. The van der Waals surface area contributed by atoms with Crippen LogP contribution < -0.4 is 9.64 Å². The van der Waals surface area contributed by atoms with Crippen LogP contribution in [0.25, 0.3) is 0 Å². The van der Waals surface area contributed by atoms with E-state index in [4.69, 9.17) is 4.74 Å². The highest BCUT2D eigenvalue weighted by molar-refractivity contribution is 6.07. The topological polar surface area (TPSA) is 29.5 Å². The first-order valence-electron chi connectivity index (χ1n) is 6.43. The first-order valence-corrected chi connectivity index (χ1v) is 6.43. The summed E-state index contributed by atoms with van der Waals surface area (Å²) in [5.74, 6) is -0.266. The smallest absolute Gasteiger partial charge is 0.418 e. The van der Waals surface area contributed by atoms with Crippen LogP contribution >= 0.6 is 0 Å². The number of hydrogen-bond acceptors (Lipinski definition) is 2. The molecule has 22 heavy (non-hydrogen) atoms. The van der Waals surface area contributed by atoms with Gasteiger partial charge in [-0.05, 0) is 24.3 Å². The van der Waals surface area contributed by atoms with E-state index in [0.717, 1.165) is 11.0 Å². The second-order valence-electron chi connectivity index (χ2n) is 4.58. The maximum Gasteiger partial charge on any atom is 0.418 e. The predicted octanol–water partition coefficient (Wildman–Crippen LogP) is 3.99. The molecule has 116 valence electrons. The number of ether oxygens (including phenoxy) is 1. The van der Waals surface area contributed by atoms with Crippen molar-refractivity contribution in [1.29, 1.82) is 0 Å². The molecule has 0 spiro atoms. The Morgan fingerprint density at radius 2 is 1.64 bits per heavy atom. The fourth-order valence-electron chi connectivity index (χ4n) is 2.12. The fourth-order valence-corrected chi connectivity index (χ4v) is 2.12. The number of amides is 1. The second kappa shape index (κ2) is 6.09. The maximum atomic E-state index is 13.1. The highest BCUT2D eigenvalue weighted by atomic mass is 19.4. The molecule has 0 radical (unpaired) electrons. The van der Waals surface area contributed by atoms with Crippen molar-refractivity contribution < 1.29 is 22.7 Å². The molecule has 0 aliphatic carbocycles. The molecular weight excluding hydrogens is 295 g/mol. The van der Waals surface area contributed by atoms with Gasteiger partial charge in [-0.25, -0.2) is 0 Å². The predicted molar refractivity (Wildman–Crippen MR) is 77.2 cm³/mol. The first-order chi connectivity index (χ1) is 10.4. The van der Waals surface area contributed by atoms with Crippen LogP contribution in [0.5, 0.6) is 5.75 Å². The molecule has 0 bridgehead atoms. The zero-order valence-corrected chi connectivity index (χ0v) is 12.0. The number of halogens is 3. The number of hydrogen-bond donors (Lipinski definition) is 0. The van der Waals surface area contributed by atoms with Crippen molar-refractivity contribution >= 4 is 11.6 Å². The second-order valence-corrected chi connectivity index (χ2v) is 4.58. The van der Waals surface area contributed by atoms with Gasteiger partial charge in [-0.3, -0.25) is 4.79 Å². The van der Waals surface area contributed by atoms with Crippen molar-refractivity contribution in [2.45, 2.75) is 6.18 Å². The summed E-state index contributed by atoms with van der Waals surface area (Å²) >= 11 is 0. The van der Waals surface area contributed by atoms with Crippen molar-refractivity contribution in [1.82, 2.24) is 0 Å². The summed E-state index contributed by atoms with van der Waals surface area (Å²) in [6, 6.07) is 11.3. The zero-order valence-electron chi connectivity index (χ0n) is 12.0. The lowest BCUT2D eigenvalue weighted by atomic mass is 10.1. The normalized spacial score (nSPS) is 11.1. The molecule has 0 atom stereocenters. The van der Waals surface area contributed by atoms with E-state index in [1.807, 2.05) is 0 Å². The summed E-state index contributed by atoms with van der Waals surface area (Å²) in [4.78, 5) is 13.5. The molecule has 0 fully saturated rings. The van der Waals surface area contributed by atoms with Gasteiger partial charge in [0.25, 0.3) is 5.91 Å². The van der Waals surface area contributed by atoms with Crippen LogP contribution in [0.1, 0.15) is 15.9 Å². The average molecular weight is 309 g/mol. The van der Waals surface area contributed by atoms with Gasteiger partial charge in [0.1, 0.15) is 5.75 Å². The van der Waals surface area contributed by atoms with Crippen LogP contribution in [0.3, 0.4) is 0 Å². The molecule has 0 aromatic heterocycles. The van der Waals surface area contributed by atoms with Crippen LogP contribution in [0.2, 0.25) is 0 Å². The average Bonchev–Trinajstić information content (AvgIpc) is 2.52. The summed E-state index contributed by atoms with van der Waals surface area (Å²) in [7, 11) is 2.70. The van der Waals surface area contributed by atoms with E-state index in [1.165, 1.54) is 38.4 Å². The summed E-state index contributed by atoms with van der Waals surface area (Å²) < 4.78 is 44.3. The number of rotatable bonds is 3. The Hall–Kier alpha value is -2.50. The zero-order chi connectivity index (χ0) is 16.3. The number of alkyl halides is 3. The number of nitrogens with zero attached hydrogens (tertiary/aromatic N) is 1. The van der Waals surface area contributed by atoms with Gasteiger partial charge in [-0.15, -0.1) is 0 Å². The molecule has 0 saturated heterocycles. The van der Waals surface area contributed by atoms with Gasteiger partial charge < -0.3 is 9.64 Å². The van der Waals surface area contributed by atoms with Gasteiger partial charge >= 0.3 is 6.18 Å². The Bertz CT molecular complexity index is 683. The lowest BCUT2D eigenvalue weighted by Gasteiger charge is -2.22. The third kappa shape index (κ3) is 3.05. The molecule has 0 unspecified atom stereocenters. The molecule has 2 aromatic carbocycles. The van der Waals surface area contributed by atoms with E-state index in [1.54, 1.807) is 18.2 Å². The van der Waals surface area contributed by atoms with Crippen LogP contribution in [-0.2, 0) is 6.18 Å². The minimum absolute atomic E-state index is 0.199. The van der Waals surface area contributed by atoms with Crippen molar-refractivity contribution in [2.24, 2.45) is 0 Å². The Morgan fingerprint density at radius 3 is 2.27 bits per heavy atom. The Morgan fingerprint density at radius 1 is 1.05 bits per heavy atom. The van der Waals surface area contributed by atoms with Gasteiger partial charge in [0, 0.05) is 7.05 Å². The highest BCUT2D eigenvalue weighted by Gasteiger charge is 2.35. The minimum atomic E-state index is -4.54. The molecule has 6 heteroatoms. The highest BCUT2D eigenvalue weighted by Crippen LogP contribution is 2.36. The minimum Gasteiger partial charge on any atom is -0.496 e. The summed E-state index contributed by atoms with van der Waals surface area (Å²) in [6.45, 7) is 0. The van der Waals surface area contributed by atoms with Crippen LogP contribution in [0, 0.1) is 0 Å². The molecule has 0 saturated carbocycles. The lowest BCUT2D eigenvalue weighted by molar-refractivity contribution is -0.137. The third-order valence-corrected chi connectivity index (χ3v) is 3.21. The van der Waals surface area contributed by atoms with E-state index in [2.05, 4.69) is 0 Å². The Labute approximate surface area is 125 Å². The molecule has 1 amide bonds. The van der Waals surface area contributed by atoms with Crippen LogP contribution in [-0.4, -0.2) is 20.1 Å². The largest absolute Gasteiger partial charge is 0.496 e. The van der Waals surface area contributed by atoms with E-state index in [-0.39, 0.29) is 11.3 Å².